The Bertz CT molecular complexity index is 1180. The van der Waals surface area contributed by atoms with Crippen LogP contribution in [0.25, 0.3) is 0 Å². The van der Waals surface area contributed by atoms with Crippen molar-refractivity contribution in [2.75, 3.05) is 6.61 Å². The van der Waals surface area contributed by atoms with Crippen molar-refractivity contribution >= 4 is 34.8 Å². The lowest BCUT2D eigenvalue weighted by Crippen LogP contribution is -2.62. The van der Waals surface area contributed by atoms with Gasteiger partial charge in [-0.3, -0.25) is 19.2 Å². The van der Waals surface area contributed by atoms with Crippen LogP contribution in [0.2, 0.25) is 0 Å². The number of nitrogens with one attached hydrogen (secondary N) is 1. The Morgan fingerprint density at radius 2 is 1.95 bits per heavy atom. The van der Waals surface area contributed by atoms with E-state index < -0.39 is 35.5 Å². The lowest BCUT2D eigenvalue weighted by molar-refractivity contribution is -0.184. The normalized spacial score (nSPS) is 37.2. The van der Waals surface area contributed by atoms with Gasteiger partial charge in [0.05, 0.1) is 19.1 Å². The predicted octanol–water partition coefficient (Wildman–Crippen LogP) is 3.49. The van der Waals surface area contributed by atoms with E-state index in [0.29, 0.717) is 19.4 Å². The predicted molar refractivity (Wildman–Crippen MR) is 144 cm³/mol. The molecule has 0 saturated heterocycles. The molecule has 7 atom stereocenters. The Labute approximate surface area is 233 Å². The molecule has 0 unspecified atom stereocenters. The van der Waals surface area contributed by atoms with E-state index in [2.05, 4.69) is 12.2 Å². The minimum atomic E-state index is -1.69. The van der Waals surface area contributed by atoms with E-state index in [0.717, 1.165) is 29.7 Å². The molecule has 0 radical (unpaired) electrons. The number of aliphatic hydroxyl groups is 2. The Kier molecular flexibility index (Phi) is 7.63. The van der Waals surface area contributed by atoms with Crippen molar-refractivity contribution < 1.29 is 34.1 Å². The second kappa shape index (κ2) is 10.6. The molecule has 4 aliphatic carbocycles. The standard InChI is InChI=1S/C30H39NO7S/c1-28-11-9-19(32)14-18(28)5-6-21-22-10-12-30(37,29(22,2)15-23(33)27(21)28)24(34)17-38-26(36)8-7-25(35)31-16-20-4-3-13-39-20/h3-4,13-14,21-23,27,33,37H,5-12,15-17H2,1-2H3,(H,31,35)/t21-,22-,23+,27+,28+,29+,30+/m1/s1. The number of fused-ring (bicyclic) bond motifs is 5. The third-order valence-corrected chi connectivity index (χ3v) is 11.3. The maximum absolute atomic E-state index is 13.4. The van der Waals surface area contributed by atoms with Gasteiger partial charge < -0.3 is 20.3 Å². The quantitative estimate of drug-likeness (QED) is 0.417. The summed E-state index contributed by atoms with van der Waals surface area (Å²) in [6.07, 6.45) is 4.95. The van der Waals surface area contributed by atoms with Crippen LogP contribution in [0.5, 0.6) is 0 Å². The highest BCUT2D eigenvalue weighted by atomic mass is 32.1. The van der Waals surface area contributed by atoms with Gasteiger partial charge in [0.25, 0.3) is 0 Å². The molecule has 5 rings (SSSR count). The van der Waals surface area contributed by atoms with Gasteiger partial charge in [0.2, 0.25) is 11.7 Å². The van der Waals surface area contributed by atoms with Gasteiger partial charge in [0.1, 0.15) is 5.60 Å². The maximum atomic E-state index is 13.4. The molecule has 3 fully saturated rings. The van der Waals surface area contributed by atoms with Gasteiger partial charge in [-0.25, -0.2) is 0 Å². The molecule has 1 heterocycles. The first-order valence-electron chi connectivity index (χ1n) is 14.1. The van der Waals surface area contributed by atoms with E-state index in [1.54, 1.807) is 6.08 Å². The SMILES string of the molecule is C[C@]12CCC(=O)C=C1CC[C@H]1[C@H]2[C@@H](O)C[C@@]2(C)[C@@H]1CC[C@]2(O)C(=O)COC(=O)CCC(=O)NCc1cccs1. The molecular formula is C30H39NO7S. The number of aliphatic hydroxyl groups excluding tert-OH is 1. The molecule has 1 aromatic rings. The van der Waals surface area contributed by atoms with Crippen molar-refractivity contribution in [3.63, 3.8) is 0 Å². The zero-order valence-electron chi connectivity index (χ0n) is 22.7. The highest BCUT2D eigenvalue weighted by Crippen LogP contribution is 2.67. The van der Waals surface area contributed by atoms with Crippen LogP contribution in [0, 0.1) is 28.6 Å². The molecule has 9 heteroatoms. The molecule has 212 valence electrons. The zero-order chi connectivity index (χ0) is 28.0. The second-order valence-electron chi connectivity index (χ2n) is 12.4. The number of hydrogen-bond acceptors (Lipinski definition) is 8. The van der Waals surface area contributed by atoms with Crippen LogP contribution < -0.4 is 5.32 Å². The summed E-state index contributed by atoms with van der Waals surface area (Å²) in [5.74, 6) is -1.13. The monoisotopic (exact) mass is 557 g/mol. The van der Waals surface area contributed by atoms with E-state index in [9.17, 15) is 29.4 Å². The first-order chi connectivity index (χ1) is 18.5. The van der Waals surface area contributed by atoms with Crippen molar-refractivity contribution in [2.24, 2.45) is 28.6 Å². The summed E-state index contributed by atoms with van der Waals surface area (Å²) in [5, 5.41) is 27.9. The molecule has 0 aromatic carbocycles. The zero-order valence-corrected chi connectivity index (χ0v) is 23.6. The number of esters is 1. The summed E-state index contributed by atoms with van der Waals surface area (Å²) in [6, 6.07) is 3.81. The van der Waals surface area contributed by atoms with Crippen LogP contribution in [0.4, 0.5) is 0 Å². The molecule has 4 aliphatic rings. The van der Waals surface area contributed by atoms with Crippen molar-refractivity contribution in [1.29, 1.82) is 0 Å². The first kappa shape index (κ1) is 28.2. The average molecular weight is 558 g/mol. The molecule has 0 aliphatic heterocycles. The van der Waals surface area contributed by atoms with Gasteiger partial charge in [-0.2, -0.15) is 0 Å². The van der Waals surface area contributed by atoms with Crippen LogP contribution in [0.15, 0.2) is 29.2 Å². The Morgan fingerprint density at radius 3 is 2.69 bits per heavy atom. The lowest BCUT2D eigenvalue weighted by Gasteiger charge is -2.60. The summed E-state index contributed by atoms with van der Waals surface area (Å²) in [5.41, 5.74) is -1.63. The number of Topliss-reactive ketones (excluding diaryl/α,β-unsaturated/α-hetero) is 1. The fourth-order valence-corrected chi connectivity index (χ4v) is 9.04. The number of allylic oxidation sites excluding steroid dienone is 1. The molecule has 1 aromatic heterocycles. The summed E-state index contributed by atoms with van der Waals surface area (Å²) < 4.78 is 5.21. The topological polar surface area (TPSA) is 130 Å². The lowest BCUT2D eigenvalue weighted by atomic mass is 9.45. The molecule has 3 saturated carbocycles. The fraction of sp³-hybridized carbons (Fsp3) is 0.667. The van der Waals surface area contributed by atoms with Crippen molar-refractivity contribution in [2.45, 2.75) is 89.9 Å². The van der Waals surface area contributed by atoms with E-state index in [-0.39, 0.29) is 60.5 Å². The van der Waals surface area contributed by atoms with E-state index in [4.69, 9.17) is 4.74 Å². The summed E-state index contributed by atoms with van der Waals surface area (Å²) in [6.45, 7) is 3.92. The van der Waals surface area contributed by atoms with Gasteiger partial charge in [0, 0.05) is 23.1 Å². The van der Waals surface area contributed by atoms with Crippen molar-refractivity contribution in [1.82, 2.24) is 5.32 Å². The third-order valence-electron chi connectivity index (χ3n) is 10.5. The van der Waals surface area contributed by atoms with Crippen LogP contribution >= 0.6 is 11.3 Å². The number of thiophene rings is 1. The number of carbonyl (C=O) groups is 4. The minimum Gasteiger partial charge on any atom is -0.458 e. The Hall–Kier alpha value is -2.36. The summed E-state index contributed by atoms with van der Waals surface area (Å²) in [7, 11) is 0. The number of rotatable bonds is 8. The molecule has 0 spiro atoms. The van der Waals surface area contributed by atoms with Gasteiger partial charge in [0.15, 0.2) is 12.4 Å². The first-order valence-corrected chi connectivity index (χ1v) is 15.0. The summed E-state index contributed by atoms with van der Waals surface area (Å²) in [4.78, 5) is 50.8. The van der Waals surface area contributed by atoms with Crippen LogP contribution in [-0.4, -0.2) is 52.0 Å². The molecule has 39 heavy (non-hydrogen) atoms. The second-order valence-corrected chi connectivity index (χ2v) is 13.4. The van der Waals surface area contributed by atoms with Gasteiger partial charge in [-0.1, -0.05) is 25.5 Å². The van der Waals surface area contributed by atoms with Crippen LogP contribution in [0.3, 0.4) is 0 Å². The average Bonchev–Trinajstić information content (AvgIpc) is 3.51. The molecule has 1 amide bonds. The molecule has 3 N–H and O–H groups in total. The number of hydrogen-bond donors (Lipinski definition) is 3. The van der Waals surface area contributed by atoms with E-state index >= 15 is 0 Å². The maximum Gasteiger partial charge on any atom is 0.306 e. The van der Waals surface area contributed by atoms with Crippen molar-refractivity contribution in [3.05, 3.63) is 34.0 Å². The Morgan fingerprint density at radius 1 is 1.15 bits per heavy atom. The number of carbonyl (C=O) groups excluding carboxylic acids is 4. The third kappa shape index (κ3) is 4.91. The van der Waals surface area contributed by atoms with Gasteiger partial charge in [-0.15, -0.1) is 11.3 Å². The largest absolute Gasteiger partial charge is 0.458 e. The highest BCUT2D eigenvalue weighted by molar-refractivity contribution is 7.09. The van der Waals surface area contributed by atoms with E-state index in [1.807, 2.05) is 24.4 Å². The molecular weight excluding hydrogens is 518 g/mol. The number of ketones is 2. The van der Waals surface area contributed by atoms with Crippen molar-refractivity contribution in [3.8, 4) is 0 Å². The molecule has 0 bridgehead atoms. The summed E-state index contributed by atoms with van der Waals surface area (Å²) >= 11 is 1.53. The number of amides is 1. The smallest absolute Gasteiger partial charge is 0.306 e. The van der Waals surface area contributed by atoms with Crippen LogP contribution in [-0.2, 0) is 30.5 Å². The van der Waals surface area contributed by atoms with Gasteiger partial charge >= 0.3 is 5.97 Å². The fourth-order valence-electron chi connectivity index (χ4n) is 8.39. The highest BCUT2D eigenvalue weighted by Gasteiger charge is 2.68. The Balaban J connectivity index is 1.19. The van der Waals surface area contributed by atoms with E-state index in [1.165, 1.54) is 11.3 Å². The minimum absolute atomic E-state index is 0.00934. The molecule has 8 nitrogen and oxygen atoms in total. The van der Waals surface area contributed by atoms with Crippen LogP contribution in [0.1, 0.15) is 76.5 Å². The number of ether oxygens (including phenoxy) is 1. The van der Waals surface area contributed by atoms with Gasteiger partial charge in [-0.05, 0) is 79.2 Å².